The van der Waals surface area contributed by atoms with Crippen LogP contribution in [-0.4, -0.2) is 35.0 Å². The van der Waals surface area contributed by atoms with Crippen molar-refractivity contribution in [3.05, 3.63) is 0 Å². The van der Waals surface area contributed by atoms with Gasteiger partial charge >= 0.3 is 6.09 Å². The topological polar surface area (TPSA) is 46.6 Å². The maximum atomic E-state index is 12.1. The number of Topliss-reactive ketones (excluding diaryl/α,β-unsaturated/α-hetero) is 1. The van der Waals surface area contributed by atoms with Gasteiger partial charge < -0.3 is 9.64 Å². The Morgan fingerprint density at radius 1 is 1.35 bits per heavy atom. The van der Waals surface area contributed by atoms with Crippen molar-refractivity contribution in [1.29, 1.82) is 0 Å². The zero-order valence-electron chi connectivity index (χ0n) is 10.9. The molecule has 2 unspecified atom stereocenters. The van der Waals surface area contributed by atoms with Crippen LogP contribution >= 0.6 is 0 Å². The summed E-state index contributed by atoms with van der Waals surface area (Å²) in [6.45, 7) is 6.33. The quantitative estimate of drug-likeness (QED) is 0.652. The molecule has 2 aliphatic rings. The summed E-state index contributed by atoms with van der Waals surface area (Å²) < 4.78 is 5.40. The number of carbonyl (C=O) groups is 2. The van der Waals surface area contributed by atoms with Crippen LogP contribution in [-0.2, 0) is 9.53 Å². The first kappa shape index (κ1) is 12.4. The Morgan fingerprint density at radius 3 is 2.71 bits per heavy atom. The minimum absolute atomic E-state index is 0.0660. The summed E-state index contributed by atoms with van der Waals surface area (Å²) in [5.74, 6) is 0.388. The fourth-order valence-electron chi connectivity index (χ4n) is 2.81. The van der Waals surface area contributed by atoms with Gasteiger partial charge in [0, 0.05) is 24.9 Å². The van der Waals surface area contributed by atoms with Gasteiger partial charge in [-0.1, -0.05) is 0 Å². The number of ether oxygens (including phenoxy) is 1. The van der Waals surface area contributed by atoms with E-state index < -0.39 is 5.60 Å². The van der Waals surface area contributed by atoms with Crippen molar-refractivity contribution < 1.29 is 14.3 Å². The summed E-state index contributed by atoms with van der Waals surface area (Å²) in [5, 5.41) is 0. The fourth-order valence-corrected chi connectivity index (χ4v) is 2.81. The Balaban J connectivity index is 2.05. The van der Waals surface area contributed by atoms with Crippen LogP contribution in [0.25, 0.3) is 0 Å². The molecule has 17 heavy (non-hydrogen) atoms. The number of ketones is 1. The van der Waals surface area contributed by atoms with Crippen LogP contribution in [0, 0.1) is 5.92 Å². The highest BCUT2D eigenvalue weighted by atomic mass is 16.6. The number of hydrogen-bond donors (Lipinski definition) is 0. The number of piperidine rings is 1. The molecule has 0 N–H and O–H groups in total. The predicted molar refractivity (Wildman–Crippen MR) is 63.7 cm³/mol. The molecule has 1 aliphatic carbocycles. The third-order valence-corrected chi connectivity index (χ3v) is 3.51. The van der Waals surface area contributed by atoms with Crippen LogP contribution < -0.4 is 0 Å². The maximum absolute atomic E-state index is 12.1. The summed E-state index contributed by atoms with van der Waals surface area (Å²) in [4.78, 5) is 25.5. The highest BCUT2D eigenvalue weighted by Gasteiger charge is 2.43. The van der Waals surface area contributed by atoms with Gasteiger partial charge in [0.05, 0.1) is 0 Å². The van der Waals surface area contributed by atoms with E-state index in [2.05, 4.69) is 0 Å². The summed E-state index contributed by atoms with van der Waals surface area (Å²) in [6.07, 6.45) is 3.01. The molecule has 96 valence electrons. The summed E-state index contributed by atoms with van der Waals surface area (Å²) in [6, 6.07) is 0.0890. The normalized spacial score (nSPS) is 29.1. The lowest BCUT2D eigenvalue weighted by molar-refractivity contribution is -0.122. The minimum atomic E-state index is -0.466. The van der Waals surface area contributed by atoms with Crippen molar-refractivity contribution in [2.24, 2.45) is 5.92 Å². The molecule has 1 heterocycles. The highest BCUT2D eigenvalue weighted by molar-refractivity contribution is 5.85. The van der Waals surface area contributed by atoms with Crippen molar-refractivity contribution in [1.82, 2.24) is 4.90 Å². The Bertz CT molecular complexity index is 332. The average molecular weight is 239 g/mol. The highest BCUT2D eigenvalue weighted by Crippen LogP contribution is 2.35. The predicted octanol–water partition coefficient (Wildman–Crippen LogP) is 2.37. The van der Waals surface area contributed by atoms with E-state index in [1.807, 2.05) is 20.8 Å². The van der Waals surface area contributed by atoms with Crippen LogP contribution in [0.15, 0.2) is 0 Å². The van der Waals surface area contributed by atoms with Gasteiger partial charge in [-0.05, 0) is 40.0 Å². The molecule has 1 saturated heterocycles. The zero-order valence-corrected chi connectivity index (χ0v) is 10.9. The number of carbonyl (C=O) groups excluding carboxylic acids is 2. The Hall–Kier alpha value is -1.06. The van der Waals surface area contributed by atoms with Crippen molar-refractivity contribution in [2.75, 3.05) is 6.54 Å². The second-order valence-electron chi connectivity index (χ2n) is 5.99. The van der Waals surface area contributed by atoms with Crippen molar-refractivity contribution in [3.63, 3.8) is 0 Å². The molecule has 1 saturated carbocycles. The molecule has 0 radical (unpaired) electrons. The van der Waals surface area contributed by atoms with E-state index in [-0.39, 0.29) is 18.1 Å². The molecule has 4 nitrogen and oxygen atoms in total. The molecule has 1 amide bonds. The third kappa shape index (κ3) is 2.61. The molecule has 1 aliphatic heterocycles. The smallest absolute Gasteiger partial charge is 0.410 e. The van der Waals surface area contributed by atoms with Crippen LogP contribution in [0.3, 0.4) is 0 Å². The van der Waals surface area contributed by atoms with Crippen molar-refractivity contribution in [2.45, 2.75) is 58.1 Å². The first-order valence-corrected chi connectivity index (χ1v) is 6.41. The first-order chi connectivity index (χ1) is 7.88. The fraction of sp³-hybridized carbons (Fsp3) is 0.846. The Kier molecular flexibility index (Phi) is 3.15. The van der Waals surface area contributed by atoms with Gasteiger partial charge in [0.15, 0.2) is 0 Å². The van der Waals surface area contributed by atoms with E-state index in [0.29, 0.717) is 12.2 Å². The molecular weight excluding hydrogens is 218 g/mol. The number of rotatable bonds is 0. The SMILES string of the molecule is CC(C)(C)OC(=O)N1CCCC2C(=O)CCC21. The lowest BCUT2D eigenvalue weighted by atomic mass is 9.92. The van der Waals surface area contributed by atoms with Gasteiger partial charge in [0.1, 0.15) is 11.4 Å². The van der Waals surface area contributed by atoms with E-state index in [4.69, 9.17) is 4.74 Å². The van der Waals surface area contributed by atoms with Crippen molar-refractivity contribution >= 4 is 11.9 Å². The first-order valence-electron chi connectivity index (χ1n) is 6.41. The lowest BCUT2D eigenvalue weighted by Gasteiger charge is -2.37. The zero-order chi connectivity index (χ0) is 12.6. The number of nitrogens with zero attached hydrogens (tertiary/aromatic N) is 1. The molecule has 0 bridgehead atoms. The van der Waals surface area contributed by atoms with Gasteiger partial charge in [-0.15, -0.1) is 0 Å². The second kappa shape index (κ2) is 4.31. The van der Waals surface area contributed by atoms with Gasteiger partial charge in [0.2, 0.25) is 0 Å². The molecule has 0 aromatic rings. The standard InChI is InChI=1S/C13H21NO3/c1-13(2,3)17-12(16)14-8-4-5-9-10(14)6-7-11(9)15/h9-10H,4-8H2,1-3H3. The third-order valence-electron chi connectivity index (χ3n) is 3.51. The number of likely N-dealkylation sites (tertiary alicyclic amines) is 1. The van der Waals surface area contributed by atoms with Gasteiger partial charge in [-0.25, -0.2) is 4.79 Å². The second-order valence-corrected chi connectivity index (χ2v) is 5.99. The summed E-state index contributed by atoms with van der Waals surface area (Å²) in [7, 11) is 0. The van der Waals surface area contributed by atoms with Crippen molar-refractivity contribution in [3.8, 4) is 0 Å². The molecule has 4 heteroatoms. The van der Waals surface area contributed by atoms with Crippen LogP contribution in [0.5, 0.6) is 0 Å². The molecule has 2 atom stereocenters. The number of hydrogen-bond acceptors (Lipinski definition) is 3. The van der Waals surface area contributed by atoms with Gasteiger partial charge in [0.25, 0.3) is 0 Å². The van der Waals surface area contributed by atoms with E-state index in [0.717, 1.165) is 25.8 Å². The molecule has 2 rings (SSSR count). The summed E-state index contributed by atoms with van der Waals surface area (Å²) in [5.41, 5.74) is -0.466. The van der Waals surface area contributed by atoms with Crippen LogP contribution in [0.2, 0.25) is 0 Å². The monoisotopic (exact) mass is 239 g/mol. The maximum Gasteiger partial charge on any atom is 0.410 e. The van der Waals surface area contributed by atoms with Crippen LogP contribution in [0.1, 0.15) is 46.5 Å². The molecule has 0 aromatic carbocycles. The lowest BCUT2D eigenvalue weighted by Crippen LogP contribution is -2.49. The molecular formula is C13H21NO3. The summed E-state index contributed by atoms with van der Waals surface area (Å²) >= 11 is 0. The van der Waals surface area contributed by atoms with E-state index >= 15 is 0 Å². The van der Waals surface area contributed by atoms with Gasteiger partial charge in [-0.3, -0.25) is 4.79 Å². The average Bonchev–Trinajstić information content (AvgIpc) is 2.58. The Morgan fingerprint density at radius 2 is 2.06 bits per heavy atom. The van der Waals surface area contributed by atoms with E-state index in [1.54, 1.807) is 4.90 Å². The molecule has 0 aromatic heterocycles. The van der Waals surface area contributed by atoms with Gasteiger partial charge in [-0.2, -0.15) is 0 Å². The van der Waals surface area contributed by atoms with Crippen LogP contribution in [0.4, 0.5) is 4.79 Å². The molecule has 0 spiro atoms. The minimum Gasteiger partial charge on any atom is -0.444 e. The largest absolute Gasteiger partial charge is 0.444 e. The molecule has 2 fully saturated rings. The Labute approximate surface area is 102 Å². The van der Waals surface area contributed by atoms with E-state index in [1.165, 1.54) is 0 Å². The number of amides is 1. The number of fused-ring (bicyclic) bond motifs is 1. The van der Waals surface area contributed by atoms with E-state index in [9.17, 15) is 9.59 Å².